The zero-order chi connectivity index (χ0) is 20.9. The van der Waals surface area contributed by atoms with Gasteiger partial charge in [0.2, 0.25) is 0 Å². The van der Waals surface area contributed by atoms with Crippen molar-refractivity contribution < 1.29 is 28.5 Å². The fourth-order valence-corrected chi connectivity index (χ4v) is 3.62. The van der Waals surface area contributed by atoms with Gasteiger partial charge < -0.3 is 18.9 Å². The van der Waals surface area contributed by atoms with Crippen molar-refractivity contribution in [3.05, 3.63) is 65.7 Å². The molecule has 2 atom stereocenters. The van der Waals surface area contributed by atoms with Gasteiger partial charge in [-0.05, 0) is 30.2 Å². The highest BCUT2D eigenvalue weighted by molar-refractivity contribution is 5.90. The van der Waals surface area contributed by atoms with E-state index >= 15 is 0 Å². The Balaban J connectivity index is 2.12. The first-order valence-corrected chi connectivity index (χ1v) is 9.39. The number of benzene rings is 2. The predicted molar refractivity (Wildman–Crippen MR) is 105 cm³/mol. The SMILES string of the molecule is CCOC(=O)[C@]1(Cc2ccc(OC)cc2)[C@@H](c2ccccc2)OC(=O)N1COC. The topological polar surface area (TPSA) is 74.3 Å². The minimum atomic E-state index is -1.40. The number of hydrogen-bond donors (Lipinski definition) is 0. The van der Waals surface area contributed by atoms with Crippen molar-refractivity contribution in [3.63, 3.8) is 0 Å². The van der Waals surface area contributed by atoms with Gasteiger partial charge >= 0.3 is 12.1 Å². The summed E-state index contributed by atoms with van der Waals surface area (Å²) in [5.41, 5.74) is 0.138. The molecule has 1 aliphatic heterocycles. The fraction of sp³-hybridized carbons (Fsp3) is 0.364. The first kappa shape index (κ1) is 20.7. The van der Waals surface area contributed by atoms with Crippen molar-refractivity contribution >= 4 is 12.1 Å². The minimum Gasteiger partial charge on any atom is -0.497 e. The summed E-state index contributed by atoms with van der Waals surface area (Å²) >= 11 is 0. The Bertz CT molecular complexity index is 838. The lowest BCUT2D eigenvalue weighted by Gasteiger charge is -2.36. The lowest BCUT2D eigenvalue weighted by molar-refractivity contribution is -0.160. The Morgan fingerprint density at radius 2 is 1.79 bits per heavy atom. The van der Waals surface area contributed by atoms with Gasteiger partial charge in [0.05, 0.1) is 13.7 Å². The molecule has 1 heterocycles. The van der Waals surface area contributed by atoms with E-state index in [9.17, 15) is 9.59 Å². The van der Waals surface area contributed by atoms with Crippen molar-refractivity contribution in [1.29, 1.82) is 0 Å². The Morgan fingerprint density at radius 3 is 2.38 bits per heavy atom. The molecule has 29 heavy (non-hydrogen) atoms. The minimum absolute atomic E-state index is 0.100. The highest BCUT2D eigenvalue weighted by Crippen LogP contribution is 2.44. The highest BCUT2D eigenvalue weighted by atomic mass is 16.6. The summed E-state index contributed by atoms with van der Waals surface area (Å²) in [6.07, 6.45) is -1.26. The second-order valence-electron chi connectivity index (χ2n) is 6.69. The van der Waals surface area contributed by atoms with Crippen LogP contribution in [0.25, 0.3) is 0 Å². The fourth-order valence-electron chi connectivity index (χ4n) is 3.62. The van der Waals surface area contributed by atoms with Gasteiger partial charge in [-0.1, -0.05) is 42.5 Å². The van der Waals surface area contributed by atoms with Gasteiger partial charge in [-0.2, -0.15) is 0 Å². The Kier molecular flexibility index (Phi) is 6.39. The van der Waals surface area contributed by atoms with Gasteiger partial charge in [0.25, 0.3) is 0 Å². The van der Waals surface area contributed by atoms with Crippen molar-refractivity contribution in [2.45, 2.75) is 25.0 Å². The maximum Gasteiger partial charge on any atom is 0.413 e. The molecule has 0 saturated carbocycles. The number of esters is 1. The Labute approximate surface area is 170 Å². The van der Waals surface area contributed by atoms with Crippen LogP contribution in [0.1, 0.15) is 24.2 Å². The Morgan fingerprint density at radius 1 is 1.10 bits per heavy atom. The van der Waals surface area contributed by atoms with Gasteiger partial charge in [0, 0.05) is 13.5 Å². The molecule has 0 spiro atoms. The van der Waals surface area contributed by atoms with Crippen LogP contribution in [0.4, 0.5) is 4.79 Å². The number of carbonyl (C=O) groups excluding carboxylic acids is 2. The average molecular weight is 399 g/mol. The number of rotatable bonds is 8. The number of methoxy groups -OCH3 is 2. The van der Waals surface area contributed by atoms with E-state index in [1.54, 1.807) is 14.0 Å². The zero-order valence-electron chi connectivity index (χ0n) is 16.8. The maximum absolute atomic E-state index is 13.3. The summed E-state index contributed by atoms with van der Waals surface area (Å²) in [7, 11) is 3.05. The lowest BCUT2D eigenvalue weighted by Crippen LogP contribution is -2.57. The van der Waals surface area contributed by atoms with Crippen LogP contribution in [0.15, 0.2) is 54.6 Å². The first-order valence-electron chi connectivity index (χ1n) is 9.39. The smallest absolute Gasteiger partial charge is 0.413 e. The van der Waals surface area contributed by atoms with Gasteiger partial charge in [-0.15, -0.1) is 0 Å². The van der Waals surface area contributed by atoms with E-state index < -0.39 is 23.7 Å². The summed E-state index contributed by atoms with van der Waals surface area (Å²) in [4.78, 5) is 27.4. The van der Waals surface area contributed by atoms with Crippen molar-refractivity contribution in [2.75, 3.05) is 27.6 Å². The third kappa shape index (κ3) is 3.91. The van der Waals surface area contributed by atoms with E-state index in [2.05, 4.69) is 0 Å². The number of hydrogen-bond acceptors (Lipinski definition) is 6. The molecule has 1 saturated heterocycles. The monoisotopic (exact) mass is 399 g/mol. The molecule has 0 unspecified atom stereocenters. The van der Waals surface area contributed by atoms with Crippen molar-refractivity contribution in [2.24, 2.45) is 0 Å². The quantitative estimate of drug-likeness (QED) is 0.634. The summed E-state index contributed by atoms with van der Waals surface area (Å²) in [5.74, 6) is 0.165. The third-order valence-corrected chi connectivity index (χ3v) is 4.98. The second kappa shape index (κ2) is 8.96. The molecule has 1 amide bonds. The van der Waals surface area contributed by atoms with Crippen LogP contribution in [0.2, 0.25) is 0 Å². The number of nitrogens with zero attached hydrogens (tertiary/aromatic N) is 1. The Hall–Kier alpha value is -3.06. The summed E-state index contributed by atoms with van der Waals surface area (Å²) in [6, 6.07) is 16.5. The normalized spacial score (nSPS) is 21.0. The number of amides is 1. The molecule has 0 aromatic heterocycles. The first-order chi connectivity index (χ1) is 14.1. The van der Waals surface area contributed by atoms with E-state index in [4.69, 9.17) is 18.9 Å². The van der Waals surface area contributed by atoms with Gasteiger partial charge in [-0.3, -0.25) is 4.90 Å². The van der Waals surface area contributed by atoms with Gasteiger partial charge in [0.15, 0.2) is 11.6 Å². The lowest BCUT2D eigenvalue weighted by atomic mass is 9.81. The van der Waals surface area contributed by atoms with Gasteiger partial charge in [0.1, 0.15) is 12.5 Å². The summed E-state index contributed by atoms with van der Waals surface area (Å²) in [6.45, 7) is 1.81. The average Bonchev–Trinajstić information content (AvgIpc) is 3.02. The zero-order valence-corrected chi connectivity index (χ0v) is 16.8. The maximum atomic E-state index is 13.3. The second-order valence-corrected chi connectivity index (χ2v) is 6.69. The molecule has 0 bridgehead atoms. The molecule has 1 aliphatic rings. The largest absolute Gasteiger partial charge is 0.497 e. The molecule has 3 rings (SSSR count). The molecular weight excluding hydrogens is 374 g/mol. The van der Waals surface area contributed by atoms with E-state index in [0.717, 1.165) is 5.56 Å². The molecule has 0 aliphatic carbocycles. The van der Waals surface area contributed by atoms with Crippen LogP contribution in [0, 0.1) is 0 Å². The van der Waals surface area contributed by atoms with Crippen LogP contribution in [0.5, 0.6) is 5.75 Å². The van der Waals surface area contributed by atoms with Crippen LogP contribution in [-0.2, 0) is 25.4 Å². The third-order valence-electron chi connectivity index (χ3n) is 4.98. The summed E-state index contributed by atoms with van der Waals surface area (Å²) in [5, 5.41) is 0. The molecule has 154 valence electrons. The van der Waals surface area contributed by atoms with Crippen LogP contribution in [0.3, 0.4) is 0 Å². The van der Waals surface area contributed by atoms with Crippen LogP contribution < -0.4 is 4.74 Å². The molecule has 2 aromatic rings. The number of carbonyl (C=O) groups is 2. The van der Waals surface area contributed by atoms with Crippen molar-refractivity contribution in [1.82, 2.24) is 4.90 Å². The molecule has 7 heteroatoms. The van der Waals surface area contributed by atoms with Crippen LogP contribution in [-0.4, -0.2) is 50.1 Å². The van der Waals surface area contributed by atoms with E-state index in [1.807, 2.05) is 54.6 Å². The molecule has 2 aromatic carbocycles. The van der Waals surface area contributed by atoms with E-state index in [-0.39, 0.29) is 19.8 Å². The standard InChI is InChI=1S/C22H25NO6/c1-4-28-20(24)22(14-16-10-12-18(27-3)13-11-16)19(17-8-6-5-7-9-17)29-21(25)23(22)15-26-2/h5-13,19H,4,14-15H2,1-3H3/t19-,22+/m1/s1. The summed E-state index contributed by atoms with van der Waals surface area (Å²) < 4.78 is 21.6. The number of cyclic esters (lactones) is 1. The van der Waals surface area contributed by atoms with E-state index in [1.165, 1.54) is 12.0 Å². The molecule has 1 fully saturated rings. The predicted octanol–water partition coefficient (Wildman–Crippen LogP) is 3.34. The molecule has 0 radical (unpaired) electrons. The molecule has 7 nitrogen and oxygen atoms in total. The molecular formula is C22H25NO6. The highest BCUT2D eigenvalue weighted by Gasteiger charge is 2.61. The van der Waals surface area contributed by atoms with Crippen molar-refractivity contribution in [3.8, 4) is 5.75 Å². The molecule has 0 N–H and O–H groups in total. The van der Waals surface area contributed by atoms with Crippen LogP contribution >= 0.6 is 0 Å². The van der Waals surface area contributed by atoms with Gasteiger partial charge in [-0.25, -0.2) is 9.59 Å². The van der Waals surface area contributed by atoms with E-state index in [0.29, 0.717) is 11.3 Å². The number of ether oxygens (including phenoxy) is 4.